The maximum atomic E-state index is 12.8. The van der Waals surface area contributed by atoms with E-state index in [1.807, 2.05) is 24.3 Å². The number of ether oxygens (including phenoxy) is 4. The first-order valence-corrected chi connectivity index (χ1v) is 10.5. The van der Waals surface area contributed by atoms with Crippen LogP contribution in [-0.2, 0) is 11.2 Å². The highest BCUT2D eigenvalue weighted by Crippen LogP contribution is 2.35. The van der Waals surface area contributed by atoms with Crippen molar-refractivity contribution >= 4 is 17.6 Å². The third kappa shape index (κ3) is 4.66. The van der Waals surface area contributed by atoms with Crippen LogP contribution in [0.2, 0.25) is 0 Å². The Balaban J connectivity index is 1.27. The first-order valence-electron chi connectivity index (χ1n) is 10.5. The van der Waals surface area contributed by atoms with Crippen molar-refractivity contribution in [3.8, 4) is 23.0 Å². The third-order valence-electron chi connectivity index (χ3n) is 5.45. The molecule has 0 aliphatic carbocycles. The number of hydrogen-bond donors (Lipinski definition) is 1. The number of carbonyl (C=O) groups excluding carboxylic acids is 2. The second kappa shape index (κ2) is 9.67. The van der Waals surface area contributed by atoms with Crippen LogP contribution < -0.4 is 29.2 Å². The van der Waals surface area contributed by atoms with Crippen molar-refractivity contribution in [2.24, 2.45) is 0 Å². The lowest BCUT2D eigenvalue weighted by atomic mass is 10.1. The van der Waals surface area contributed by atoms with Gasteiger partial charge in [-0.3, -0.25) is 9.69 Å². The lowest BCUT2D eigenvalue weighted by Crippen LogP contribution is -2.40. The molecule has 0 atom stereocenters. The molecule has 2 aliphatic rings. The van der Waals surface area contributed by atoms with Crippen LogP contribution in [0.3, 0.4) is 0 Å². The van der Waals surface area contributed by atoms with E-state index in [0.717, 1.165) is 11.3 Å². The normalized spacial score (nSPS) is 15.0. The molecule has 9 heteroatoms. The molecule has 0 saturated carbocycles. The Bertz CT molecular complexity index is 996. The quantitative estimate of drug-likeness (QED) is 0.675. The number of carbonyl (C=O) groups is 2. The molecule has 0 unspecified atom stereocenters. The Kier molecular flexibility index (Phi) is 6.53. The Morgan fingerprint density at radius 2 is 1.78 bits per heavy atom. The number of amides is 3. The van der Waals surface area contributed by atoms with E-state index in [4.69, 9.17) is 18.9 Å². The van der Waals surface area contributed by atoms with Crippen molar-refractivity contribution in [2.75, 3.05) is 58.5 Å². The van der Waals surface area contributed by atoms with Gasteiger partial charge in [-0.05, 0) is 36.2 Å². The standard InChI is InChI=1S/C23H27N3O6/c1-29-18-5-3-16(13-20(18)30-2)7-8-24-22(27)15-25-9-10-26(23(25)28)17-4-6-19-21(14-17)32-12-11-31-19/h3-6,13-14H,7-12,15H2,1-2H3,(H,24,27). The van der Waals surface area contributed by atoms with Gasteiger partial charge in [0.15, 0.2) is 23.0 Å². The molecule has 1 N–H and O–H groups in total. The Labute approximate surface area is 186 Å². The molecular weight excluding hydrogens is 414 g/mol. The summed E-state index contributed by atoms with van der Waals surface area (Å²) in [4.78, 5) is 28.4. The molecule has 9 nitrogen and oxygen atoms in total. The zero-order chi connectivity index (χ0) is 22.5. The summed E-state index contributed by atoms with van der Waals surface area (Å²) in [6.07, 6.45) is 0.642. The molecule has 2 heterocycles. The molecule has 2 aromatic rings. The van der Waals surface area contributed by atoms with Gasteiger partial charge in [0.05, 0.1) is 14.2 Å². The van der Waals surface area contributed by atoms with Gasteiger partial charge in [-0.15, -0.1) is 0 Å². The van der Waals surface area contributed by atoms with Gasteiger partial charge in [-0.25, -0.2) is 4.79 Å². The molecule has 0 bridgehead atoms. The summed E-state index contributed by atoms with van der Waals surface area (Å²) in [5, 5.41) is 2.88. The summed E-state index contributed by atoms with van der Waals surface area (Å²) in [5.74, 6) is 2.43. The molecule has 1 saturated heterocycles. The number of nitrogens with one attached hydrogen (secondary N) is 1. The fourth-order valence-corrected chi connectivity index (χ4v) is 3.78. The average Bonchev–Trinajstić information content (AvgIpc) is 3.18. The largest absolute Gasteiger partial charge is 0.493 e. The summed E-state index contributed by atoms with van der Waals surface area (Å²) in [6.45, 7) is 2.48. The first kappa shape index (κ1) is 21.6. The first-order chi connectivity index (χ1) is 15.6. The van der Waals surface area contributed by atoms with Gasteiger partial charge in [0.25, 0.3) is 0 Å². The summed E-state index contributed by atoms with van der Waals surface area (Å²) >= 11 is 0. The molecule has 3 amide bonds. The topological polar surface area (TPSA) is 89.6 Å². The molecule has 2 aromatic carbocycles. The van der Waals surface area contributed by atoms with Crippen LogP contribution >= 0.6 is 0 Å². The Morgan fingerprint density at radius 1 is 1.00 bits per heavy atom. The second-order valence-corrected chi connectivity index (χ2v) is 7.47. The van der Waals surface area contributed by atoms with E-state index in [9.17, 15) is 9.59 Å². The number of anilines is 1. The van der Waals surface area contributed by atoms with Crippen LogP contribution in [0.25, 0.3) is 0 Å². The minimum atomic E-state index is -0.197. The maximum absolute atomic E-state index is 12.8. The number of nitrogens with zero attached hydrogens (tertiary/aromatic N) is 2. The zero-order valence-corrected chi connectivity index (χ0v) is 18.3. The van der Waals surface area contributed by atoms with Gasteiger partial charge in [-0.2, -0.15) is 0 Å². The molecule has 170 valence electrons. The maximum Gasteiger partial charge on any atom is 0.325 e. The van der Waals surface area contributed by atoms with E-state index in [2.05, 4.69) is 5.32 Å². The summed E-state index contributed by atoms with van der Waals surface area (Å²) in [6, 6.07) is 10.9. The lowest BCUT2D eigenvalue weighted by molar-refractivity contribution is -0.121. The van der Waals surface area contributed by atoms with Crippen molar-refractivity contribution < 1.29 is 28.5 Å². The van der Waals surface area contributed by atoms with E-state index in [1.165, 1.54) is 0 Å². The number of hydrogen-bond acceptors (Lipinski definition) is 6. The van der Waals surface area contributed by atoms with Crippen LogP contribution in [0.5, 0.6) is 23.0 Å². The minimum Gasteiger partial charge on any atom is -0.493 e. The average molecular weight is 441 g/mol. The summed E-state index contributed by atoms with van der Waals surface area (Å²) in [5.41, 5.74) is 1.75. The number of benzene rings is 2. The van der Waals surface area contributed by atoms with Gasteiger partial charge in [0.1, 0.15) is 19.8 Å². The monoisotopic (exact) mass is 441 g/mol. The highest BCUT2D eigenvalue weighted by atomic mass is 16.6. The van der Waals surface area contributed by atoms with Crippen LogP contribution in [0.15, 0.2) is 36.4 Å². The van der Waals surface area contributed by atoms with E-state index in [1.54, 1.807) is 36.2 Å². The van der Waals surface area contributed by atoms with Crippen LogP contribution in [0, 0.1) is 0 Å². The minimum absolute atomic E-state index is 0.0197. The van der Waals surface area contributed by atoms with Gasteiger partial charge < -0.3 is 29.2 Å². The molecule has 4 rings (SSSR count). The molecule has 1 fully saturated rings. The Hall–Kier alpha value is -3.62. The van der Waals surface area contributed by atoms with Crippen molar-refractivity contribution in [1.29, 1.82) is 0 Å². The van der Waals surface area contributed by atoms with Crippen LogP contribution in [-0.4, -0.2) is 70.5 Å². The van der Waals surface area contributed by atoms with Crippen molar-refractivity contribution in [3.05, 3.63) is 42.0 Å². The lowest BCUT2D eigenvalue weighted by Gasteiger charge is -2.22. The van der Waals surface area contributed by atoms with Gasteiger partial charge in [0, 0.05) is 31.4 Å². The Morgan fingerprint density at radius 3 is 2.56 bits per heavy atom. The predicted octanol–water partition coefficient (Wildman–Crippen LogP) is 2.08. The summed E-state index contributed by atoms with van der Waals surface area (Å²) in [7, 11) is 3.18. The van der Waals surface area contributed by atoms with Crippen LogP contribution in [0.4, 0.5) is 10.5 Å². The predicted molar refractivity (Wildman–Crippen MR) is 118 cm³/mol. The fraction of sp³-hybridized carbons (Fsp3) is 0.391. The van der Waals surface area contributed by atoms with Crippen LogP contribution in [0.1, 0.15) is 5.56 Å². The van der Waals surface area contributed by atoms with Gasteiger partial charge >= 0.3 is 6.03 Å². The smallest absolute Gasteiger partial charge is 0.325 e. The fourth-order valence-electron chi connectivity index (χ4n) is 3.78. The molecular formula is C23H27N3O6. The molecule has 0 radical (unpaired) electrons. The SMILES string of the molecule is COc1ccc(CCNC(=O)CN2CCN(c3ccc4c(c3)OCCO4)C2=O)cc1OC. The number of rotatable bonds is 8. The van der Waals surface area contributed by atoms with E-state index < -0.39 is 0 Å². The number of methoxy groups -OCH3 is 2. The molecule has 32 heavy (non-hydrogen) atoms. The zero-order valence-electron chi connectivity index (χ0n) is 18.3. The van der Waals surface area contributed by atoms with E-state index in [0.29, 0.717) is 62.3 Å². The van der Waals surface area contributed by atoms with Gasteiger partial charge in [-0.1, -0.05) is 6.07 Å². The summed E-state index contributed by atoms with van der Waals surface area (Å²) < 4.78 is 21.7. The molecule has 0 spiro atoms. The van der Waals surface area contributed by atoms with E-state index in [-0.39, 0.29) is 18.5 Å². The molecule has 2 aliphatic heterocycles. The van der Waals surface area contributed by atoms with Crippen molar-refractivity contribution in [3.63, 3.8) is 0 Å². The second-order valence-electron chi connectivity index (χ2n) is 7.47. The molecule has 0 aromatic heterocycles. The highest BCUT2D eigenvalue weighted by Gasteiger charge is 2.31. The van der Waals surface area contributed by atoms with E-state index >= 15 is 0 Å². The highest BCUT2D eigenvalue weighted by molar-refractivity contribution is 5.96. The van der Waals surface area contributed by atoms with Crippen molar-refractivity contribution in [2.45, 2.75) is 6.42 Å². The number of urea groups is 1. The van der Waals surface area contributed by atoms with Crippen molar-refractivity contribution in [1.82, 2.24) is 10.2 Å². The third-order valence-corrected chi connectivity index (χ3v) is 5.45. The number of fused-ring (bicyclic) bond motifs is 1. The van der Waals surface area contributed by atoms with Gasteiger partial charge in [0.2, 0.25) is 5.91 Å².